The van der Waals surface area contributed by atoms with Gasteiger partial charge < -0.3 is 4.55 Å². The summed E-state index contributed by atoms with van der Waals surface area (Å²) in [6.45, 7) is 1.95. The van der Waals surface area contributed by atoms with Gasteiger partial charge >= 0.3 is 0 Å². The minimum absolute atomic E-state index is 0.141. The van der Waals surface area contributed by atoms with Gasteiger partial charge in [0.1, 0.15) is 5.82 Å². The summed E-state index contributed by atoms with van der Waals surface area (Å²) in [5.41, 5.74) is 4.10. The Balaban J connectivity index is 2.08. The third-order valence-corrected chi connectivity index (χ3v) is 4.14. The lowest BCUT2D eigenvalue weighted by Crippen LogP contribution is -1.98. The van der Waals surface area contributed by atoms with Crippen molar-refractivity contribution < 1.29 is 13.2 Å². The first-order valence-corrected chi connectivity index (χ1v) is 8.50. The van der Waals surface area contributed by atoms with Crippen LogP contribution in [-0.4, -0.2) is 18.7 Å². The van der Waals surface area contributed by atoms with Crippen molar-refractivity contribution in [2.24, 2.45) is 0 Å². The molecule has 0 fully saturated rings. The molecular formula is C18H14FN2O2S-. The number of aromatic nitrogens is 2. The number of hydrogen-bond donors (Lipinski definition) is 0. The molecule has 122 valence electrons. The van der Waals surface area contributed by atoms with Crippen molar-refractivity contribution in [2.75, 3.05) is 0 Å². The molecule has 0 bridgehead atoms. The molecular weight excluding hydrogens is 327 g/mol. The van der Waals surface area contributed by atoms with Gasteiger partial charge in [-0.1, -0.05) is 29.3 Å². The zero-order valence-corrected chi connectivity index (χ0v) is 13.7. The predicted octanol–water partition coefficient (Wildman–Crippen LogP) is 3.64. The van der Waals surface area contributed by atoms with Gasteiger partial charge in [0.25, 0.3) is 0 Å². The molecule has 24 heavy (non-hydrogen) atoms. The Labute approximate surface area is 141 Å². The van der Waals surface area contributed by atoms with E-state index in [1.54, 1.807) is 24.7 Å². The highest BCUT2D eigenvalue weighted by molar-refractivity contribution is 7.78. The number of benzene rings is 1. The van der Waals surface area contributed by atoms with Crippen LogP contribution in [0.5, 0.6) is 0 Å². The molecule has 0 radical (unpaired) electrons. The number of aryl methyl sites for hydroxylation is 1. The summed E-state index contributed by atoms with van der Waals surface area (Å²) in [5.74, 6) is -0.904. The Hall–Kier alpha value is -2.44. The van der Waals surface area contributed by atoms with E-state index < -0.39 is 16.9 Å². The first-order chi connectivity index (χ1) is 11.5. The lowest BCUT2D eigenvalue weighted by Gasteiger charge is -2.11. The van der Waals surface area contributed by atoms with E-state index in [1.165, 1.54) is 12.1 Å². The molecule has 1 aromatic carbocycles. The van der Waals surface area contributed by atoms with Crippen LogP contribution in [-0.2, 0) is 16.8 Å². The average molecular weight is 341 g/mol. The predicted molar refractivity (Wildman–Crippen MR) is 90.2 cm³/mol. The van der Waals surface area contributed by atoms with Crippen molar-refractivity contribution in [2.45, 2.75) is 12.7 Å². The lowest BCUT2D eigenvalue weighted by atomic mass is 9.99. The molecule has 0 amide bonds. The van der Waals surface area contributed by atoms with Gasteiger partial charge in [0.2, 0.25) is 0 Å². The maximum atomic E-state index is 14.2. The van der Waals surface area contributed by atoms with Gasteiger partial charge in [-0.3, -0.25) is 14.2 Å². The summed E-state index contributed by atoms with van der Waals surface area (Å²) in [6.07, 6.45) is 5.14. The van der Waals surface area contributed by atoms with Crippen LogP contribution in [0.25, 0.3) is 22.4 Å². The summed E-state index contributed by atoms with van der Waals surface area (Å²) in [4.78, 5) is 8.56. The van der Waals surface area contributed by atoms with Crippen molar-refractivity contribution >= 4 is 11.1 Å². The molecule has 1 atom stereocenters. The van der Waals surface area contributed by atoms with E-state index in [4.69, 9.17) is 0 Å². The summed E-state index contributed by atoms with van der Waals surface area (Å²) in [5, 5.41) is 0. The Morgan fingerprint density at radius 3 is 2.71 bits per heavy atom. The first kappa shape index (κ1) is 16.4. The molecule has 0 aliphatic carbocycles. The van der Waals surface area contributed by atoms with Crippen LogP contribution in [0.3, 0.4) is 0 Å². The van der Waals surface area contributed by atoms with Gasteiger partial charge in [0.05, 0.1) is 5.69 Å². The molecule has 1 unspecified atom stereocenters. The van der Waals surface area contributed by atoms with E-state index in [1.807, 2.05) is 25.1 Å². The molecule has 0 saturated heterocycles. The summed E-state index contributed by atoms with van der Waals surface area (Å²) in [6, 6.07) is 10.2. The van der Waals surface area contributed by atoms with Crippen molar-refractivity contribution in [3.05, 3.63) is 71.9 Å². The quantitative estimate of drug-likeness (QED) is 0.680. The summed E-state index contributed by atoms with van der Waals surface area (Å²) in [7, 11) is 0. The fourth-order valence-corrected chi connectivity index (χ4v) is 3.00. The van der Waals surface area contributed by atoms with Crippen molar-refractivity contribution in [3.8, 4) is 22.4 Å². The van der Waals surface area contributed by atoms with Gasteiger partial charge in [0, 0.05) is 41.0 Å². The van der Waals surface area contributed by atoms with Crippen LogP contribution in [0.1, 0.15) is 11.1 Å². The molecule has 0 saturated carbocycles. The van der Waals surface area contributed by atoms with Gasteiger partial charge in [-0.2, -0.15) is 0 Å². The smallest absolute Gasteiger partial charge is 0.127 e. The van der Waals surface area contributed by atoms with E-state index >= 15 is 0 Å². The van der Waals surface area contributed by atoms with Crippen molar-refractivity contribution in [3.63, 3.8) is 0 Å². The molecule has 3 rings (SSSR count). The van der Waals surface area contributed by atoms with Gasteiger partial charge in [0.15, 0.2) is 0 Å². The second-order valence-corrected chi connectivity index (χ2v) is 6.30. The molecule has 3 aromatic rings. The minimum Gasteiger partial charge on any atom is -0.772 e. The fraction of sp³-hybridized carbons (Fsp3) is 0.111. The number of halogens is 1. The van der Waals surface area contributed by atoms with Gasteiger partial charge in [-0.25, -0.2) is 4.39 Å². The van der Waals surface area contributed by atoms with Crippen molar-refractivity contribution in [1.82, 2.24) is 9.97 Å². The topological polar surface area (TPSA) is 65.9 Å². The van der Waals surface area contributed by atoms with Crippen LogP contribution in [0.4, 0.5) is 4.39 Å². The van der Waals surface area contributed by atoms with E-state index in [-0.39, 0.29) is 11.3 Å². The minimum atomic E-state index is -2.33. The third kappa shape index (κ3) is 3.55. The maximum Gasteiger partial charge on any atom is 0.127 e. The van der Waals surface area contributed by atoms with Crippen molar-refractivity contribution in [1.29, 1.82) is 0 Å². The Morgan fingerprint density at radius 1 is 1.17 bits per heavy atom. The Bertz CT molecular complexity index is 915. The second kappa shape index (κ2) is 6.98. The van der Waals surface area contributed by atoms with Gasteiger partial charge in [-0.05, 0) is 36.2 Å². The Morgan fingerprint density at radius 2 is 2.00 bits per heavy atom. The normalized spacial score (nSPS) is 12.1. The number of hydrogen-bond acceptors (Lipinski definition) is 4. The standard InChI is InChI=1S/C18H15FN2O2S/c1-12-7-15(10-20-9-12)16-3-2-6-21-18(16)13-4-5-14(11-24(22)23)17(19)8-13/h2-10H,11H2,1H3,(H,22,23)/p-1. The molecule has 0 aliphatic heterocycles. The van der Waals surface area contributed by atoms with Crippen LogP contribution in [0.15, 0.2) is 55.0 Å². The average Bonchev–Trinajstić information content (AvgIpc) is 2.56. The van der Waals surface area contributed by atoms with E-state index in [0.29, 0.717) is 11.3 Å². The third-order valence-electron chi connectivity index (χ3n) is 3.59. The fourth-order valence-electron chi connectivity index (χ4n) is 2.51. The van der Waals surface area contributed by atoms with E-state index in [9.17, 15) is 13.2 Å². The van der Waals surface area contributed by atoms with Crippen LogP contribution < -0.4 is 0 Å². The van der Waals surface area contributed by atoms with E-state index in [2.05, 4.69) is 9.97 Å². The van der Waals surface area contributed by atoms with Crippen LogP contribution in [0, 0.1) is 12.7 Å². The molecule has 0 aliphatic rings. The highest BCUT2D eigenvalue weighted by atomic mass is 32.2. The molecule has 6 heteroatoms. The monoisotopic (exact) mass is 341 g/mol. The number of rotatable bonds is 4. The van der Waals surface area contributed by atoms with Crippen LogP contribution in [0.2, 0.25) is 0 Å². The molecule has 2 heterocycles. The van der Waals surface area contributed by atoms with E-state index in [0.717, 1.165) is 16.7 Å². The first-order valence-electron chi connectivity index (χ1n) is 7.26. The molecule has 2 aromatic heterocycles. The zero-order chi connectivity index (χ0) is 17.1. The number of pyridine rings is 2. The van der Waals surface area contributed by atoms with Gasteiger partial charge in [-0.15, -0.1) is 0 Å². The second-order valence-electron chi connectivity index (χ2n) is 5.40. The Kier molecular flexibility index (Phi) is 4.78. The zero-order valence-electron chi connectivity index (χ0n) is 12.9. The highest BCUT2D eigenvalue weighted by Crippen LogP contribution is 2.31. The largest absolute Gasteiger partial charge is 0.772 e. The summed E-state index contributed by atoms with van der Waals surface area (Å²) >= 11 is -2.33. The van der Waals surface area contributed by atoms with Crippen LogP contribution >= 0.6 is 0 Å². The highest BCUT2D eigenvalue weighted by Gasteiger charge is 2.11. The lowest BCUT2D eigenvalue weighted by molar-refractivity contribution is 0.533. The molecule has 4 nitrogen and oxygen atoms in total. The maximum absolute atomic E-state index is 14.2. The molecule has 0 spiro atoms. The molecule has 0 N–H and O–H groups in total. The summed E-state index contributed by atoms with van der Waals surface area (Å²) < 4.78 is 35.7. The SMILES string of the molecule is Cc1cncc(-c2cccnc2-c2ccc(CS(=O)[O-])c(F)c2)c1. The number of nitrogens with zero attached hydrogens (tertiary/aromatic N) is 2.